The van der Waals surface area contributed by atoms with Gasteiger partial charge in [-0.1, -0.05) is 60.7 Å². The standard InChI is InChI=1S/C23H26N2O2/c26-22(19-9-5-2-6-10-19)13-14-23(27)25-16-15-24(20-11-12-20)17-21(25)18-7-3-1-4-8-18/h1-10,20-21H,11-17H2. The van der Waals surface area contributed by atoms with Crippen LogP contribution in [0.4, 0.5) is 0 Å². The van der Waals surface area contributed by atoms with E-state index in [1.807, 2.05) is 53.4 Å². The van der Waals surface area contributed by atoms with Gasteiger partial charge in [0.1, 0.15) is 0 Å². The SMILES string of the molecule is O=C(CCC(=O)N1CCN(C2CC2)CC1c1ccccc1)c1ccccc1. The van der Waals surface area contributed by atoms with E-state index in [9.17, 15) is 9.59 Å². The molecule has 1 unspecified atom stereocenters. The van der Waals surface area contributed by atoms with Crippen LogP contribution in [-0.2, 0) is 4.79 Å². The van der Waals surface area contributed by atoms with E-state index in [0.717, 1.165) is 19.6 Å². The predicted octanol–water partition coefficient (Wildman–Crippen LogP) is 3.70. The van der Waals surface area contributed by atoms with Crippen molar-refractivity contribution >= 4 is 11.7 Å². The first kappa shape index (κ1) is 17.9. The zero-order chi connectivity index (χ0) is 18.6. The minimum absolute atomic E-state index is 0.0387. The Labute approximate surface area is 160 Å². The highest BCUT2D eigenvalue weighted by atomic mass is 16.2. The summed E-state index contributed by atoms with van der Waals surface area (Å²) in [5.74, 6) is 0.125. The van der Waals surface area contributed by atoms with Gasteiger partial charge in [-0.25, -0.2) is 0 Å². The van der Waals surface area contributed by atoms with Crippen LogP contribution in [0.2, 0.25) is 0 Å². The van der Waals surface area contributed by atoms with Gasteiger partial charge < -0.3 is 4.90 Å². The summed E-state index contributed by atoms with van der Waals surface area (Å²) in [7, 11) is 0. The lowest BCUT2D eigenvalue weighted by Gasteiger charge is -2.42. The van der Waals surface area contributed by atoms with E-state index in [1.165, 1.54) is 18.4 Å². The fourth-order valence-electron chi connectivity index (χ4n) is 3.97. The number of hydrogen-bond donors (Lipinski definition) is 0. The third kappa shape index (κ3) is 4.28. The van der Waals surface area contributed by atoms with Crippen LogP contribution >= 0.6 is 0 Å². The van der Waals surface area contributed by atoms with Crippen LogP contribution in [0, 0.1) is 0 Å². The molecule has 1 atom stereocenters. The molecule has 1 aliphatic carbocycles. The van der Waals surface area contributed by atoms with E-state index >= 15 is 0 Å². The molecule has 1 saturated heterocycles. The fraction of sp³-hybridized carbons (Fsp3) is 0.391. The highest BCUT2D eigenvalue weighted by molar-refractivity contribution is 5.97. The number of carbonyl (C=O) groups excluding carboxylic acids is 2. The topological polar surface area (TPSA) is 40.6 Å². The molecule has 2 fully saturated rings. The maximum absolute atomic E-state index is 13.0. The minimum Gasteiger partial charge on any atom is -0.333 e. The van der Waals surface area contributed by atoms with Gasteiger partial charge in [0.2, 0.25) is 5.91 Å². The average molecular weight is 362 g/mol. The maximum atomic E-state index is 13.0. The largest absolute Gasteiger partial charge is 0.333 e. The molecule has 0 radical (unpaired) electrons. The Hall–Kier alpha value is -2.46. The molecule has 0 bridgehead atoms. The van der Waals surface area contributed by atoms with E-state index in [-0.39, 0.29) is 30.6 Å². The summed E-state index contributed by atoms with van der Waals surface area (Å²) < 4.78 is 0. The Kier molecular flexibility index (Phi) is 5.35. The first-order chi connectivity index (χ1) is 13.2. The number of carbonyl (C=O) groups is 2. The van der Waals surface area contributed by atoms with Gasteiger partial charge in [0.05, 0.1) is 6.04 Å². The van der Waals surface area contributed by atoms with Gasteiger partial charge >= 0.3 is 0 Å². The molecule has 1 amide bonds. The van der Waals surface area contributed by atoms with E-state index < -0.39 is 0 Å². The van der Waals surface area contributed by atoms with Crippen molar-refractivity contribution in [2.45, 2.75) is 37.8 Å². The van der Waals surface area contributed by atoms with Crippen LogP contribution in [0.15, 0.2) is 60.7 Å². The lowest BCUT2D eigenvalue weighted by Crippen LogP contribution is -2.51. The molecule has 27 heavy (non-hydrogen) atoms. The summed E-state index contributed by atoms with van der Waals surface area (Å²) >= 11 is 0. The van der Waals surface area contributed by atoms with E-state index in [4.69, 9.17) is 0 Å². The third-order valence-corrected chi connectivity index (χ3v) is 5.64. The van der Waals surface area contributed by atoms with Crippen LogP contribution < -0.4 is 0 Å². The summed E-state index contributed by atoms with van der Waals surface area (Å²) in [4.78, 5) is 29.8. The van der Waals surface area contributed by atoms with Gasteiger partial charge in [0.15, 0.2) is 5.78 Å². The second-order valence-corrected chi connectivity index (χ2v) is 7.53. The number of benzene rings is 2. The molecule has 2 aromatic carbocycles. The monoisotopic (exact) mass is 362 g/mol. The van der Waals surface area contributed by atoms with Gasteiger partial charge in [0, 0.05) is 44.1 Å². The summed E-state index contributed by atoms with van der Waals surface area (Å²) in [5, 5.41) is 0. The molecule has 1 heterocycles. The fourth-order valence-corrected chi connectivity index (χ4v) is 3.97. The molecule has 4 nitrogen and oxygen atoms in total. The first-order valence-electron chi connectivity index (χ1n) is 9.89. The van der Waals surface area contributed by atoms with Crippen molar-refractivity contribution < 1.29 is 9.59 Å². The zero-order valence-electron chi connectivity index (χ0n) is 15.6. The maximum Gasteiger partial charge on any atom is 0.223 e. The zero-order valence-corrected chi connectivity index (χ0v) is 15.6. The Morgan fingerprint density at radius 3 is 2.19 bits per heavy atom. The van der Waals surface area contributed by atoms with Gasteiger partial charge in [-0.05, 0) is 18.4 Å². The van der Waals surface area contributed by atoms with Crippen molar-refractivity contribution in [3.05, 3.63) is 71.8 Å². The molecule has 1 saturated carbocycles. The summed E-state index contributed by atoms with van der Waals surface area (Å²) in [6, 6.07) is 20.3. The number of rotatable bonds is 6. The smallest absolute Gasteiger partial charge is 0.223 e. The van der Waals surface area contributed by atoms with E-state index in [0.29, 0.717) is 11.6 Å². The summed E-state index contributed by atoms with van der Waals surface area (Å²) in [6.45, 7) is 2.58. The number of hydrogen-bond acceptors (Lipinski definition) is 3. The second-order valence-electron chi connectivity index (χ2n) is 7.53. The predicted molar refractivity (Wildman–Crippen MR) is 105 cm³/mol. The van der Waals surface area contributed by atoms with Gasteiger partial charge in [0.25, 0.3) is 0 Å². The van der Waals surface area contributed by atoms with E-state index in [1.54, 1.807) is 0 Å². The first-order valence-corrected chi connectivity index (χ1v) is 9.89. The van der Waals surface area contributed by atoms with Crippen molar-refractivity contribution in [1.29, 1.82) is 0 Å². The highest BCUT2D eigenvalue weighted by Gasteiger charge is 2.37. The molecule has 4 heteroatoms. The molecular formula is C23H26N2O2. The summed E-state index contributed by atoms with van der Waals surface area (Å²) in [6.07, 6.45) is 3.11. The number of amides is 1. The number of piperazine rings is 1. The van der Waals surface area contributed by atoms with Crippen LogP contribution in [0.3, 0.4) is 0 Å². The van der Waals surface area contributed by atoms with Crippen LogP contribution in [-0.4, -0.2) is 47.2 Å². The van der Waals surface area contributed by atoms with Crippen molar-refractivity contribution in [3.8, 4) is 0 Å². The van der Waals surface area contributed by atoms with Crippen molar-refractivity contribution in [2.24, 2.45) is 0 Å². The molecular weight excluding hydrogens is 336 g/mol. The molecule has 4 rings (SSSR count). The van der Waals surface area contributed by atoms with Gasteiger partial charge in [-0.2, -0.15) is 0 Å². The highest BCUT2D eigenvalue weighted by Crippen LogP contribution is 2.33. The number of Topliss-reactive ketones (excluding diaryl/α,β-unsaturated/α-hetero) is 1. The average Bonchev–Trinajstić information content (AvgIpc) is 3.58. The Morgan fingerprint density at radius 1 is 0.852 bits per heavy atom. The molecule has 2 aliphatic rings. The van der Waals surface area contributed by atoms with Crippen LogP contribution in [0.25, 0.3) is 0 Å². The van der Waals surface area contributed by atoms with Crippen molar-refractivity contribution in [3.63, 3.8) is 0 Å². The van der Waals surface area contributed by atoms with Crippen molar-refractivity contribution in [2.75, 3.05) is 19.6 Å². The van der Waals surface area contributed by atoms with Crippen molar-refractivity contribution in [1.82, 2.24) is 9.80 Å². The molecule has 1 aliphatic heterocycles. The van der Waals surface area contributed by atoms with E-state index in [2.05, 4.69) is 17.0 Å². The molecule has 0 aromatic heterocycles. The molecule has 0 spiro atoms. The molecule has 140 valence electrons. The van der Waals surface area contributed by atoms with Gasteiger partial charge in [-0.3, -0.25) is 14.5 Å². The third-order valence-electron chi connectivity index (χ3n) is 5.64. The normalized spacial score (nSPS) is 20.4. The Bertz CT molecular complexity index is 787. The lowest BCUT2D eigenvalue weighted by atomic mass is 10.0. The summed E-state index contributed by atoms with van der Waals surface area (Å²) in [5.41, 5.74) is 1.87. The molecule has 2 aromatic rings. The quantitative estimate of drug-likeness (QED) is 0.736. The molecule has 0 N–H and O–H groups in total. The lowest BCUT2D eigenvalue weighted by molar-refractivity contribution is -0.136. The van der Waals surface area contributed by atoms with Crippen LogP contribution in [0.1, 0.15) is 47.6 Å². The Balaban J connectivity index is 1.43. The Morgan fingerprint density at radius 2 is 1.52 bits per heavy atom. The number of nitrogens with zero attached hydrogens (tertiary/aromatic N) is 2. The minimum atomic E-state index is 0.0387. The second kappa shape index (κ2) is 8.05. The van der Waals surface area contributed by atoms with Gasteiger partial charge in [-0.15, -0.1) is 0 Å². The number of ketones is 1. The van der Waals surface area contributed by atoms with Crippen LogP contribution in [0.5, 0.6) is 0 Å².